The van der Waals surface area contributed by atoms with Crippen molar-refractivity contribution in [3.8, 4) is 0 Å². The minimum atomic E-state index is -0.810. The van der Waals surface area contributed by atoms with Gasteiger partial charge in [-0.1, -0.05) is 13.0 Å². The van der Waals surface area contributed by atoms with Crippen LogP contribution in [0, 0.1) is 5.41 Å². The molecule has 0 saturated carbocycles. The number of carbonyl (C=O) groups is 1. The molecule has 0 aromatic carbocycles. The molecule has 8 nitrogen and oxygen atoms in total. The van der Waals surface area contributed by atoms with E-state index >= 15 is 0 Å². The topological polar surface area (TPSA) is 121 Å². The highest BCUT2D eigenvalue weighted by Crippen LogP contribution is 2.38. The van der Waals surface area contributed by atoms with Crippen molar-refractivity contribution in [1.82, 2.24) is 19.5 Å². The van der Waals surface area contributed by atoms with Gasteiger partial charge in [-0.25, -0.2) is 9.78 Å². The second-order valence-electron chi connectivity index (χ2n) is 6.49. The Morgan fingerprint density at radius 2 is 2.17 bits per heavy atom. The first kappa shape index (κ1) is 16.2. The molecule has 3 N–H and O–H groups in total. The predicted octanol–water partition coefficient (Wildman–Crippen LogP) is 1.48. The largest absolute Gasteiger partial charge is 0.481 e. The molecule has 2 heterocycles. The summed E-state index contributed by atoms with van der Waals surface area (Å²) >= 11 is 0. The summed E-state index contributed by atoms with van der Waals surface area (Å²) in [5.74, 6) is -0.283. The number of rotatable bonds is 4. The molecule has 2 aromatic rings. The van der Waals surface area contributed by atoms with Crippen molar-refractivity contribution in [2.75, 3.05) is 0 Å². The fourth-order valence-electron chi connectivity index (χ4n) is 3.00. The Bertz CT molecular complexity index is 949. The molecule has 0 amide bonds. The van der Waals surface area contributed by atoms with Crippen LogP contribution in [0.4, 0.5) is 0 Å². The lowest BCUT2D eigenvalue weighted by atomic mass is 9.76. The van der Waals surface area contributed by atoms with Crippen LogP contribution in [0.3, 0.4) is 0 Å². The van der Waals surface area contributed by atoms with Gasteiger partial charge in [0.25, 0.3) is 5.56 Å². The van der Waals surface area contributed by atoms with Crippen molar-refractivity contribution >= 4 is 22.7 Å². The van der Waals surface area contributed by atoms with Gasteiger partial charge in [0.1, 0.15) is 11.3 Å². The number of hydrogen-bond donors (Lipinski definition) is 3. The molecule has 128 valence electrons. The molecule has 0 aliphatic heterocycles. The number of carboxylic acids is 1. The van der Waals surface area contributed by atoms with E-state index in [0.29, 0.717) is 37.3 Å². The van der Waals surface area contributed by atoms with Crippen LogP contribution >= 0.6 is 0 Å². The Morgan fingerprint density at radius 1 is 1.42 bits per heavy atom. The second-order valence-corrected chi connectivity index (χ2v) is 6.49. The quantitative estimate of drug-likeness (QED) is 0.783. The predicted molar refractivity (Wildman–Crippen MR) is 88.8 cm³/mol. The molecule has 1 aliphatic carbocycles. The number of aliphatic carboxylic acids is 1. The number of aryl methyl sites for hydroxylation is 1. The van der Waals surface area contributed by atoms with Crippen LogP contribution in [0.25, 0.3) is 16.7 Å². The minimum Gasteiger partial charge on any atom is -0.481 e. The smallest absolute Gasteiger partial charge is 0.330 e. The Morgan fingerprint density at radius 3 is 2.75 bits per heavy atom. The number of allylic oxidation sites excluding steroid dienone is 2. The Hall–Kier alpha value is -2.64. The van der Waals surface area contributed by atoms with Crippen LogP contribution < -0.4 is 11.2 Å². The van der Waals surface area contributed by atoms with E-state index in [9.17, 15) is 19.5 Å². The molecule has 0 saturated heterocycles. The summed E-state index contributed by atoms with van der Waals surface area (Å²) in [6, 6.07) is 0. The van der Waals surface area contributed by atoms with Gasteiger partial charge in [0.05, 0.1) is 5.41 Å². The summed E-state index contributed by atoms with van der Waals surface area (Å²) in [5, 5.41) is 9.29. The molecule has 3 rings (SSSR count). The third-order valence-electron chi connectivity index (χ3n) is 4.65. The van der Waals surface area contributed by atoms with Crippen LogP contribution in [0.5, 0.6) is 0 Å². The molecule has 0 radical (unpaired) electrons. The average Bonchev–Trinajstić information content (AvgIpc) is 2.97. The molecule has 8 heteroatoms. The monoisotopic (exact) mass is 332 g/mol. The standard InChI is InChI=1S/C16H20N4O4/c1-3-8-20-12-10(13(21)19-15(20)24)17-11(18-12)9-4-6-16(2,7-5-9)14(22)23/h4H,3,5-8H2,1-2H3,(H,17,18)(H,22,23)(H,19,21,24). The van der Waals surface area contributed by atoms with Crippen molar-refractivity contribution in [2.24, 2.45) is 5.41 Å². The van der Waals surface area contributed by atoms with Gasteiger partial charge in [0, 0.05) is 6.54 Å². The highest BCUT2D eigenvalue weighted by atomic mass is 16.4. The summed E-state index contributed by atoms with van der Waals surface area (Å²) < 4.78 is 1.45. The van der Waals surface area contributed by atoms with Gasteiger partial charge in [0.15, 0.2) is 5.65 Å². The lowest BCUT2D eigenvalue weighted by Gasteiger charge is -2.27. The van der Waals surface area contributed by atoms with E-state index in [1.165, 1.54) is 4.57 Å². The molecular formula is C16H20N4O4. The summed E-state index contributed by atoms with van der Waals surface area (Å²) in [5.41, 5.74) is -0.244. The van der Waals surface area contributed by atoms with Crippen LogP contribution in [-0.4, -0.2) is 30.6 Å². The highest BCUT2D eigenvalue weighted by molar-refractivity contribution is 5.78. The Kier molecular flexibility index (Phi) is 3.90. The zero-order valence-electron chi connectivity index (χ0n) is 13.7. The summed E-state index contributed by atoms with van der Waals surface area (Å²) in [7, 11) is 0. The maximum Gasteiger partial charge on any atom is 0.330 e. The van der Waals surface area contributed by atoms with Crippen molar-refractivity contribution in [3.05, 3.63) is 32.7 Å². The van der Waals surface area contributed by atoms with Gasteiger partial charge in [-0.15, -0.1) is 0 Å². The first-order chi connectivity index (χ1) is 11.4. The van der Waals surface area contributed by atoms with Crippen LogP contribution in [0.2, 0.25) is 0 Å². The number of nitrogens with zero attached hydrogens (tertiary/aromatic N) is 2. The summed E-state index contributed by atoms with van der Waals surface area (Å²) in [6.07, 6.45) is 4.06. The third-order valence-corrected chi connectivity index (χ3v) is 4.65. The van der Waals surface area contributed by atoms with E-state index in [1.54, 1.807) is 6.92 Å². The molecule has 24 heavy (non-hydrogen) atoms. The third kappa shape index (κ3) is 2.57. The molecule has 0 fully saturated rings. The van der Waals surface area contributed by atoms with Crippen molar-refractivity contribution in [3.63, 3.8) is 0 Å². The van der Waals surface area contributed by atoms with Crippen LogP contribution in [0.15, 0.2) is 15.7 Å². The summed E-state index contributed by atoms with van der Waals surface area (Å²) in [4.78, 5) is 45.0. The van der Waals surface area contributed by atoms with E-state index in [0.717, 1.165) is 12.0 Å². The molecule has 1 aliphatic rings. The average molecular weight is 332 g/mol. The fourth-order valence-corrected chi connectivity index (χ4v) is 3.00. The summed E-state index contributed by atoms with van der Waals surface area (Å²) in [6.45, 7) is 4.13. The number of aromatic nitrogens is 4. The van der Waals surface area contributed by atoms with Crippen molar-refractivity contribution < 1.29 is 9.90 Å². The van der Waals surface area contributed by atoms with Gasteiger partial charge in [0.2, 0.25) is 0 Å². The van der Waals surface area contributed by atoms with E-state index in [4.69, 9.17) is 0 Å². The van der Waals surface area contributed by atoms with Crippen LogP contribution in [-0.2, 0) is 11.3 Å². The maximum absolute atomic E-state index is 12.0. The number of hydrogen-bond acceptors (Lipinski definition) is 4. The lowest BCUT2D eigenvalue weighted by Crippen LogP contribution is -2.30. The molecule has 1 atom stereocenters. The number of carboxylic acid groups (broad SMARTS) is 1. The number of H-pyrrole nitrogens is 2. The van der Waals surface area contributed by atoms with Gasteiger partial charge >= 0.3 is 11.7 Å². The zero-order chi connectivity index (χ0) is 17.5. The lowest BCUT2D eigenvalue weighted by molar-refractivity contribution is -0.148. The molecule has 0 bridgehead atoms. The van der Waals surface area contributed by atoms with E-state index in [2.05, 4.69) is 15.0 Å². The SMILES string of the molecule is CCCn1c(=O)[nH]c(=O)c2[nH]c(C3=CCC(C)(C(=O)O)CC3)nc21. The van der Waals surface area contributed by atoms with E-state index in [1.807, 2.05) is 13.0 Å². The fraction of sp³-hybridized carbons (Fsp3) is 0.500. The first-order valence-corrected chi connectivity index (χ1v) is 8.01. The van der Waals surface area contributed by atoms with Crippen LogP contribution in [0.1, 0.15) is 45.4 Å². The number of aromatic amines is 2. The molecular weight excluding hydrogens is 312 g/mol. The Labute approximate surface area is 137 Å². The number of imidazole rings is 1. The molecule has 0 spiro atoms. The maximum atomic E-state index is 12.0. The van der Waals surface area contributed by atoms with Crippen molar-refractivity contribution in [1.29, 1.82) is 0 Å². The minimum absolute atomic E-state index is 0.269. The molecule has 2 aromatic heterocycles. The van der Waals surface area contributed by atoms with Gasteiger partial charge in [-0.05, 0) is 38.2 Å². The highest BCUT2D eigenvalue weighted by Gasteiger charge is 2.35. The first-order valence-electron chi connectivity index (χ1n) is 8.01. The van der Waals surface area contributed by atoms with Gasteiger partial charge in [-0.3, -0.25) is 19.1 Å². The Balaban J connectivity index is 2.07. The van der Waals surface area contributed by atoms with Gasteiger partial charge < -0.3 is 10.1 Å². The normalized spacial score (nSPS) is 21.0. The molecule has 1 unspecified atom stereocenters. The second kappa shape index (κ2) is 5.77. The van der Waals surface area contributed by atoms with E-state index < -0.39 is 22.6 Å². The number of fused-ring (bicyclic) bond motifs is 1. The van der Waals surface area contributed by atoms with Gasteiger partial charge in [-0.2, -0.15) is 0 Å². The van der Waals surface area contributed by atoms with Crippen molar-refractivity contribution in [2.45, 2.75) is 46.1 Å². The van der Waals surface area contributed by atoms with E-state index in [-0.39, 0.29) is 5.52 Å². The zero-order valence-corrected chi connectivity index (χ0v) is 13.7. The number of nitrogens with one attached hydrogen (secondary N) is 2.